The van der Waals surface area contributed by atoms with Crippen molar-refractivity contribution in [1.82, 2.24) is 24.7 Å². The van der Waals surface area contributed by atoms with E-state index in [2.05, 4.69) is 20.2 Å². The van der Waals surface area contributed by atoms with Crippen LogP contribution in [0.1, 0.15) is 11.4 Å². The summed E-state index contributed by atoms with van der Waals surface area (Å²) in [6, 6.07) is 14.9. The van der Waals surface area contributed by atoms with Gasteiger partial charge in [0.15, 0.2) is 5.16 Å². The molecular formula is C19H16ClN5O2S. The Bertz CT molecular complexity index is 1230. The fourth-order valence-corrected chi connectivity index (χ4v) is 3.87. The maximum atomic E-state index is 12.3. The number of rotatable bonds is 6. The molecule has 0 bridgehead atoms. The predicted molar refractivity (Wildman–Crippen MR) is 110 cm³/mol. The lowest BCUT2D eigenvalue weighted by molar-refractivity contribution is 0.615. The van der Waals surface area contributed by atoms with E-state index in [-0.39, 0.29) is 11.2 Å². The highest BCUT2D eigenvalue weighted by molar-refractivity contribution is 7.98. The molecule has 2 aromatic heterocycles. The van der Waals surface area contributed by atoms with Gasteiger partial charge in [0.25, 0.3) is 5.56 Å². The maximum absolute atomic E-state index is 12.3. The molecule has 0 radical (unpaired) electrons. The Morgan fingerprint density at radius 2 is 1.93 bits per heavy atom. The zero-order valence-corrected chi connectivity index (χ0v) is 16.3. The van der Waals surface area contributed by atoms with E-state index in [9.17, 15) is 9.59 Å². The van der Waals surface area contributed by atoms with Gasteiger partial charge in [-0.25, -0.2) is 14.9 Å². The van der Waals surface area contributed by atoms with E-state index < -0.39 is 0 Å². The molecule has 0 spiro atoms. The average Bonchev–Trinajstić information content (AvgIpc) is 3.06. The highest BCUT2D eigenvalue weighted by Crippen LogP contribution is 2.20. The lowest BCUT2D eigenvalue weighted by atomic mass is 10.1. The summed E-state index contributed by atoms with van der Waals surface area (Å²) in [6.45, 7) is 0.516. The Labute approximate surface area is 168 Å². The molecule has 4 rings (SSSR count). The highest BCUT2D eigenvalue weighted by Gasteiger charge is 2.11. The Balaban J connectivity index is 1.51. The van der Waals surface area contributed by atoms with Crippen LogP contribution in [-0.2, 0) is 18.7 Å². The van der Waals surface area contributed by atoms with Crippen molar-refractivity contribution in [2.45, 2.75) is 23.9 Å². The Kier molecular flexibility index (Phi) is 5.31. The SMILES string of the molecule is O=c1[nH]c(CSc2n[nH]c(=O)n2CCc2ccccc2)nc2ccc(Cl)cc12. The fraction of sp³-hybridized carbons (Fsp3) is 0.158. The van der Waals surface area contributed by atoms with Gasteiger partial charge < -0.3 is 4.98 Å². The Morgan fingerprint density at radius 1 is 1.11 bits per heavy atom. The van der Waals surface area contributed by atoms with Gasteiger partial charge in [-0.3, -0.25) is 9.36 Å². The van der Waals surface area contributed by atoms with Gasteiger partial charge >= 0.3 is 5.69 Å². The first-order valence-electron chi connectivity index (χ1n) is 8.60. The normalized spacial score (nSPS) is 11.2. The number of aryl methyl sites for hydroxylation is 1. The van der Waals surface area contributed by atoms with Crippen molar-refractivity contribution in [3.05, 3.63) is 85.8 Å². The molecule has 9 heteroatoms. The van der Waals surface area contributed by atoms with Gasteiger partial charge in [0.1, 0.15) is 5.82 Å². The fourth-order valence-electron chi connectivity index (χ4n) is 2.86. The van der Waals surface area contributed by atoms with E-state index in [4.69, 9.17) is 11.6 Å². The third-order valence-corrected chi connectivity index (χ3v) is 5.47. The standard InChI is InChI=1S/C19H16ClN5O2S/c20-13-6-7-15-14(10-13)17(26)22-16(21-15)11-28-19-24-23-18(27)25(19)9-8-12-4-2-1-3-5-12/h1-7,10H,8-9,11H2,(H,23,27)(H,21,22,26). The van der Waals surface area contributed by atoms with Crippen LogP contribution >= 0.6 is 23.4 Å². The average molecular weight is 414 g/mol. The van der Waals surface area contributed by atoms with Crippen LogP contribution < -0.4 is 11.2 Å². The van der Waals surface area contributed by atoms with Gasteiger partial charge in [0.2, 0.25) is 0 Å². The van der Waals surface area contributed by atoms with E-state index >= 15 is 0 Å². The van der Waals surface area contributed by atoms with Crippen LogP contribution in [-0.4, -0.2) is 24.7 Å². The second kappa shape index (κ2) is 8.04. The number of fused-ring (bicyclic) bond motifs is 1. The number of nitrogens with zero attached hydrogens (tertiary/aromatic N) is 3. The minimum absolute atomic E-state index is 0.244. The van der Waals surface area contributed by atoms with Crippen molar-refractivity contribution in [2.24, 2.45) is 0 Å². The van der Waals surface area contributed by atoms with Gasteiger partial charge in [-0.15, -0.1) is 5.10 Å². The van der Waals surface area contributed by atoms with Gasteiger partial charge in [-0.05, 0) is 30.2 Å². The third kappa shape index (κ3) is 4.02. The maximum Gasteiger partial charge on any atom is 0.343 e. The van der Waals surface area contributed by atoms with Crippen LogP contribution in [0, 0.1) is 0 Å². The predicted octanol–water partition coefficient (Wildman–Crippen LogP) is 3.00. The third-order valence-electron chi connectivity index (χ3n) is 4.24. The number of benzene rings is 2. The van der Waals surface area contributed by atoms with Crippen LogP contribution in [0.2, 0.25) is 5.02 Å². The summed E-state index contributed by atoms with van der Waals surface area (Å²) in [5.74, 6) is 0.888. The van der Waals surface area contributed by atoms with Crippen molar-refractivity contribution in [3.63, 3.8) is 0 Å². The van der Waals surface area contributed by atoms with Gasteiger partial charge in [-0.2, -0.15) is 0 Å². The van der Waals surface area contributed by atoms with E-state index in [1.165, 1.54) is 11.8 Å². The molecule has 0 saturated carbocycles. The molecule has 2 heterocycles. The second-order valence-corrected chi connectivity index (χ2v) is 7.54. The lowest BCUT2D eigenvalue weighted by Gasteiger charge is -2.06. The van der Waals surface area contributed by atoms with Crippen molar-refractivity contribution >= 4 is 34.3 Å². The number of H-pyrrole nitrogens is 2. The van der Waals surface area contributed by atoms with Gasteiger partial charge in [-0.1, -0.05) is 53.7 Å². The first kappa shape index (κ1) is 18.5. The molecule has 4 aromatic rings. The van der Waals surface area contributed by atoms with Crippen LogP contribution in [0.15, 0.2) is 63.3 Å². The van der Waals surface area contributed by atoms with E-state index in [1.54, 1.807) is 22.8 Å². The molecule has 142 valence electrons. The van der Waals surface area contributed by atoms with Crippen LogP contribution in [0.5, 0.6) is 0 Å². The largest absolute Gasteiger partial charge is 0.343 e. The van der Waals surface area contributed by atoms with Gasteiger partial charge in [0.05, 0.1) is 16.7 Å². The zero-order chi connectivity index (χ0) is 19.5. The number of thioether (sulfide) groups is 1. The minimum Gasteiger partial charge on any atom is -0.309 e. The van der Waals surface area contributed by atoms with Crippen LogP contribution in [0.4, 0.5) is 0 Å². The number of nitrogens with one attached hydrogen (secondary N) is 2. The smallest absolute Gasteiger partial charge is 0.309 e. The zero-order valence-electron chi connectivity index (χ0n) is 14.7. The summed E-state index contributed by atoms with van der Waals surface area (Å²) < 4.78 is 1.59. The number of halogens is 1. The van der Waals surface area contributed by atoms with Crippen LogP contribution in [0.3, 0.4) is 0 Å². The molecule has 2 N–H and O–H groups in total. The number of aromatic amines is 2. The van der Waals surface area contributed by atoms with Crippen molar-refractivity contribution in [3.8, 4) is 0 Å². The quantitative estimate of drug-likeness (QED) is 0.474. The molecule has 7 nitrogen and oxygen atoms in total. The molecule has 0 saturated heterocycles. The number of hydrogen-bond acceptors (Lipinski definition) is 5. The molecule has 0 unspecified atom stereocenters. The summed E-state index contributed by atoms with van der Waals surface area (Å²) in [5.41, 5.74) is 1.22. The summed E-state index contributed by atoms with van der Waals surface area (Å²) in [6.07, 6.45) is 0.722. The minimum atomic E-state index is -0.256. The Morgan fingerprint density at radius 3 is 2.75 bits per heavy atom. The molecule has 0 fully saturated rings. The molecular weight excluding hydrogens is 398 g/mol. The molecule has 0 amide bonds. The monoisotopic (exact) mass is 413 g/mol. The molecule has 0 aliphatic rings. The topological polar surface area (TPSA) is 96.4 Å². The lowest BCUT2D eigenvalue weighted by Crippen LogP contribution is -2.19. The van der Waals surface area contributed by atoms with Gasteiger partial charge in [0, 0.05) is 11.6 Å². The Hall–Kier alpha value is -2.84. The number of aromatic nitrogens is 5. The summed E-state index contributed by atoms with van der Waals surface area (Å²) in [4.78, 5) is 31.6. The molecule has 0 aliphatic carbocycles. The summed E-state index contributed by atoms with van der Waals surface area (Å²) >= 11 is 7.28. The van der Waals surface area contributed by atoms with E-state index in [0.717, 1.165) is 12.0 Å². The highest BCUT2D eigenvalue weighted by atomic mass is 35.5. The van der Waals surface area contributed by atoms with Crippen molar-refractivity contribution in [2.75, 3.05) is 0 Å². The van der Waals surface area contributed by atoms with Crippen LogP contribution in [0.25, 0.3) is 10.9 Å². The summed E-state index contributed by atoms with van der Waals surface area (Å²) in [5, 5.41) is 8.06. The molecule has 0 aliphatic heterocycles. The first-order chi connectivity index (χ1) is 13.6. The van der Waals surface area contributed by atoms with E-state index in [0.29, 0.717) is 39.2 Å². The summed E-state index contributed by atoms with van der Waals surface area (Å²) in [7, 11) is 0. The molecule has 28 heavy (non-hydrogen) atoms. The number of hydrogen-bond donors (Lipinski definition) is 2. The second-order valence-electron chi connectivity index (χ2n) is 6.16. The van der Waals surface area contributed by atoms with Crippen molar-refractivity contribution < 1.29 is 0 Å². The molecule has 2 aromatic carbocycles. The molecule has 0 atom stereocenters. The first-order valence-corrected chi connectivity index (χ1v) is 9.97. The van der Waals surface area contributed by atoms with E-state index in [1.807, 2.05) is 30.3 Å². The van der Waals surface area contributed by atoms with Crippen molar-refractivity contribution in [1.29, 1.82) is 0 Å².